The molecule has 1 aromatic heterocycles. The number of para-hydroxylation sites is 3. The Morgan fingerprint density at radius 1 is 0.739 bits per heavy atom. The van der Waals surface area contributed by atoms with Crippen LogP contribution in [0.5, 0.6) is 0 Å². The van der Waals surface area contributed by atoms with Crippen molar-refractivity contribution in [1.82, 2.24) is 4.57 Å². The number of aromatic nitrogens is 1. The van der Waals surface area contributed by atoms with E-state index < -0.39 is 0 Å². The largest absolute Gasteiger partial charge is 0.320 e. The summed E-state index contributed by atoms with van der Waals surface area (Å²) < 4.78 is 2.33. The minimum atomic E-state index is 0.410. The van der Waals surface area contributed by atoms with Gasteiger partial charge in [0, 0.05) is 33.7 Å². The maximum Gasteiger partial charge on any atom is 0.115 e. The molecule has 2 heterocycles. The molecule has 0 saturated heterocycles. The molecular formula is C42H30N4. The normalized spacial score (nSPS) is 13.0. The molecule has 0 amide bonds. The first-order chi connectivity index (χ1) is 22.8. The summed E-state index contributed by atoms with van der Waals surface area (Å²) in [6.45, 7) is 8.35. The number of fused-ring (bicyclic) bond motifs is 9. The zero-order valence-corrected chi connectivity index (χ0v) is 25.3. The molecule has 1 aliphatic rings. The van der Waals surface area contributed by atoms with Gasteiger partial charge in [-0.1, -0.05) is 116 Å². The predicted molar refractivity (Wildman–Crippen MR) is 197 cm³/mol. The van der Waals surface area contributed by atoms with Crippen LogP contribution in [0.2, 0.25) is 0 Å². The highest BCUT2D eigenvalue weighted by Gasteiger charge is 2.19. The summed E-state index contributed by atoms with van der Waals surface area (Å²) in [4.78, 5) is 14.6. The van der Waals surface area contributed by atoms with E-state index in [2.05, 4.69) is 132 Å². The average Bonchev–Trinajstić information content (AvgIpc) is 3.42. The predicted octanol–water partition coefficient (Wildman–Crippen LogP) is 8.90. The van der Waals surface area contributed by atoms with Crippen molar-refractivity contribution in [2.24, 2.45) is 15.0 Å². The molecule has 0 radical (unpaired) electrons. The number of nitrogens with zero attached hydrogens (tertiary/aromatic N) is 4. The van der Waals surface area contributed by atoms with E-state index in [4.69, 9.17) is 9.98 Å². The summed E-state index contributed by atoms with van der Waals surface area (Å²) in [5.74, 6) is 0. The van der Waals surface area contributed by atoms with Crippen molar-refractivity contribution in [3.8, 4) is 11.1 Å². The zero-order chi connectivity index (χ0) is 31.0. The van der Waals surface area contributed by atoms with E-state index in [1.807, 2.05) is 36.6 Å². The Morgan fingerprint density at radius 2 is 1.48 bits per heavy atom. The van der Waals surface area contributed by atoms with Gasteiger partial charge in [-0.05, 0) is 63.8 Å². The molecule has 46 heavy (non-hydrogen) atoms. The van der Waals surface area contributed by atoms with Crippen LogP contribution in [0.25, 0.3) is 55.9 Å². The van der Waals surface area contributed by atoms with Crippen molar-refractivity contribution >= 4 is 74.7 Å². The van der Waals surface area contributed by atoms with Crippen LogP contribution in [0.4, 0.5) is 11.4 Å². The Hall–Kier alpha value is -6.13. The molecule has 0 N–H and O–H groups in total. The first-order valence-electron chi connectivity index (χ1n) is 15.4. The second-order valence-electron chi connectivity index (χ2n) is 11.3. The maximum atomic E-state index is 5.45. The minimum absolute atomic E-state index is 0.410. The molecule has 7 aromatic rings. The Kier molecular flexibility index (Phi) is 6.81. The number of hydrogen-bond acceptors (Lipinski definition) is 3. The van der Waals surface area contributed by atoms with Crippen LogP contribution in [0, 0.1) is 0 Å². The molecule has 8 rings (SSSR count). The van der Waals surface area contributed by atoms with Crippen LogP contribution in [-0.2, 0) is 6.67 Å². The molecule has 0 unspecified atom stereocenters. The second-order valence-corrected chi connectivity index (χ2v) is 11.3. The van der Waals surface area contributed by atoms with E-state index in [0.717, 1.165) is 66.2 Å². The van der Waals surface area contributed by atoms with Crippen molar-refractivity contribution in [1.29, 1.82) is 0 Å². The third kappa shape index (κ3) is 4.42. The average molecular weight is 591 g/mol. The lowest BCUT2D eigenvalue weighted by Gasteiger charge is -2.15. The molecule has 2 bridgehead atoms. The molecule has 4 heteroatoms. The molecule has 1 aliphatic heterocycles. The van der Waals surface area contributed by atoms with Gasteiger partial charge >= 0.3 is 0 Å². The Labute approximate surface area is 267 Å². The Morgan fingerprint density at radius 3 is 2.37 bits per heavy atom. The van der Waals surface area contributed by atoms with Gasteiger partial charge in [0.2, 0.25) is 0 Å². The van der Waals surface area contributed by atoms with Gasteiger partial charge in [-0.3, -0.25) is 15.0 Å². The van der Waals surface area contributed by atoms with E-state index in [9.17, 15) is 0 Å². The van der Waals surface area contributed by atoms with Crippen LogP contribution >= 0.6 is 0 Å². The molecule has 0 saturated carbocycles. The molecule has 4 nitrogen and oxygen atoms in total. The number of allylic oxidation sites excluding steroid dienone is 1. The SMILES string of the molecule is C=C/C=c1\c2cc3c(c1=CC=Nc1ccccc1-2)c1ccccc1n3C/N=C(\c1ccccc1N=C)c1cccc2ccccc12. The zero-order valence-electron chi connectivity index (χ0n) is 25.3. The van der Waals surface area contributed by atoms with Crippen molar-refractivity contribution in [2.75, 3.05) is 0 Å². The van der Waals surface area contributed by atoms with E-state index in [1.165, 1.54) is 16.2 Å². The molecule has 0 aliphatic carbocycles. The van der Waals surface area contributed by atoms with Crippen molar-refractivity contribution in [3.05, 3.63) is 156 Å². The Bertz CT molecular complexity index is 2540. The number of benzene rings is 6. The van der Waals surface area contributed by atoms with Gasteiger partial charge in [-0.15, -0.1) is 0 Å². The lowest BCUT2D eigenvalue weighted by molar-refractivity contribution is 0.793. The fraction of sp³-hybridized carbons (Fsp3) is 0.0238. The summed E-state index contributed by atoms with van der Waals surface area (Å²) in [5, 5.41) is 6.92. The third-order valence-electron chi connectivity index (χ3n) is 8.82. The fourth-order valence-corrected chi connectivity index (χ4v) is 6.80. The monoisotopic (exact) mass is 590 g/mol. The highest BCUT2D eigenvalue weighted by molar-refractivity contribution is 6.21. The van der Waals surface area contributed by atoms with Crippen LogP contribution in [0.1, 0.15) is 11.1 Å². The Balaban J connectivity index is 1.45. The van der Waals surface area contributed by atoms with Gasteiger partial charge in [0.15, 0.2) is 0 Å². The summed E-state index contributed by atoms with van der Waals surface area (Å²) in [6, 6.07) is 42.1. The van der Waals surface area contributed by atoms with Gasteiger partial charge in [0.1, 0.15) is 6.67 Å². The highest BCUT2D eigenvalue weighted by atomic mass is 15.1. The lowest BCUT2D eigenvalue weighted by atomic mass is 9.95. The first-order valence-corrected chi connectivity index (χ1v) is 15.4. The van der Waals surface area contributed by atoms with Crippen molar-refractivity contribution in [2.45, 2.75) is 6.67 Å². The quantitative estimate of drug-likeness (QED) is 0.174. The van der Waals surface area contributed by atoms with Gasteiger partial charge < -0.3 is 4.57 Å². The number of aliphatic imine (C=N–C) groups is 3. The minimum Gasteiger partial charge on any atom is -0.320 e. The lowest BCUT2D eigenvalue weighted by Crippen LogP contribution is -2.28. The van der Waals surface area contributed by atoms with E-state index in [-0.39, 0.29) is 0 Å². The summed E-state index contributed by atoms with van der Waals surface area (Å²) >= 11 is 0. The molecule has 0 atom stereocenters. The molecular weight excluding hydrogens is 560 g/mol. The smallest absolute Gasteiger partial charge is 0.115 e. The van der Waals surface area contributed by atoms with Crippen LogP contribution < -0.4 is 10.4 Å². The number of hydrogen-bond donors (Lipinski definition) is 0. The van der Waals surface area contributed by atoms with E-state index in [1.54, 1.807) is 0 Å². The van der Waals surface area contributed by atoms with Crippen LogP contribution in [0.15, 0.2) is 149 Å². The maximum absolute atomic E-state index is 5.45. The first kappa shape index (κ1) is 27.4. The van der Waals surface area contributed by atoms with E-state index >= 15 is 0 Å². The van der Waals surface area contributed by atoms with Crippen molar-refractivity contribution in [3.63, 3.8) is 0 Å². The van der Waals surface area contributed by atoms with Gasteiger partial charge in [0.05, 0.1) is 28.1 Å². The van der Waals surface area contributed by atoms with Gasteiger partial charge in [0.25, 0.3) is 0 Å². The van der Waals surface area contributed by atoms with Crippen LogP contribution in [-0.4, -0.2) is 23.2 Å². The van der Waals surface area contributed by atoms with Gasteiger partial charge in [-0.25, -0.2) is 0 Å². The summed E-state index contributed by atoms with van der Waals surface area (Å²) in [6.07, 6.45) is 8.02. The molecule has 0 spiro atoms. The molecule has 0 fully saturated rings. The fourth-order valence-electron chi connectivity index (χ4n) is 6.80. The third-order valence-corrected chi connectivity index (χ3v) is 8.82. The topological polar surface area (TPSA) is 42.0 Å². The van der Waals surface area contributed by atoms with Crippen molar-refractivity contribution < 1.29 is 0 Å². The standard InChI is InChI=1S/C42H30N4/c1-3-13-30-32-24-25-44-38-22-10-6-17-31(38)36(30)26-40-41(32)35-19-8-11-23-39(35)46(40)27-45-42(34-18-7-9-21-37(34)43-2)33-20-12-15-28-14-4-5-16-29(28)33/h3-26H,1-2,27H2/b25-24?,30-13-,32-24?,36-31?,44-25?,44-38?,45-42-. The van der Waals surface area contributed by atoms with E-state index in [0.29, 0.717) is 6.67 Å². The highest BCUT2D eigenvalue weighted by Crippen LogP contribution is 2.34. The molecule has 6 aromatic carbocycles. The second kappa shape index (κ2) is 11.4. The summed E-state index contributed by atoms with van der Waals surface area (Å²) in [5.41, 5.74) is 9.08. The van der Waals surface area contributed by atoms with Crippen LogP contribution in [0.3, 0.4) is 0 Å². The molecule has 218 valence electrons. The number of rotatable bonds is 6. The summed E-state index contributed by atoms with van der Waals surface area (Å²) in [7, 11) is 0. The van der Waals surface area contributed by atoms with Gasteiger partial charge in [-0.2, -0.15) is 0 Å².